The summed E-state index contributed by atoms with van der Waals surface area (Å²) in [6.07, 6.45) is -4.27. The van der Waals surface area contributed by atoms with Crippen LogP contribution in [-0.2, 0) is 34.0 Å². The van der Waals surface area contributed by atoms with Gasteiger partial charge in [0.15, 0.2) is 9.84 Å². The Bertz CT molecular complexity index is 1630. The second-order valence-corrected chi connectivity index (χ2v) is 12.0. The Labute approximate surface area is 241 Å². The fourth-order valence-electron chi connectivity index (χ4n) is 4.48. The van der Waals surface area contributed by atoms with Crippen LogP contribution in [0.4, 0.5) is 18.9 Å². The van der Waals surface area contributed by atoms with E-state index in [0.29, 0.717) is 30.1 Å². The first-order chi connectivity index (χ1) is 19.3. The van der Waals surface area contributed by atoms with Crippen LogP contribution in [0.5, 0.6) is 0 Å². The minimum absolute atomic E-state index is 0.0292. The fourth-order valence-corrected chi connectivity index (χ4v) is 5.30. The van der Waals surface area contributed by atoms with E-state index in [-0.39, 0.29) is 33.3 Å². The molecule has 0 aliphatic heterocycles. The van der Waals surface area contributed by atoms with E-state index < -0.39 is 28.3 Å². The summed E-state index contributed by atoms with van der Waals surface area (Å²) in [6.45, 7) is 2.27. The molecule has 0 unspecified atom stereocenters. The van der Waals surface area contributed by atoms with Crippen molar-refractivity contribution < 1.29 is 31.1 Å². The normalized spacial score (nSPS) is 12.0. The van der Waals surface area contributed by atoms with Crippen LogP contribution in [0.1, 0.15) is 32.9 Å². The van der Waals surface area contributed by atoms with Crippen LogP contribution < -0.4 is 5.32 Å². The molecule has 0 spiro atoms. The maximum atomic E-state index is 13.5. The number of rotatable bonds is 10. The predicted molar refractivity (Wildman–Crippen MR) is 153 cm³/mol. The van der Waals surface area contributed by atoms with Gasteiger partial charge in [-0.3, -0.25) is 4.79 Å². The lowest BCUT2D eigenvalue weighted by atomic mass is 10.1. The van der Waals surface area contributed by atoms with Crippen LogP contribution in [0.15, 0.2) is 83.8 Å². The zero-order valence-corrected chi connectivity index (χ0v) is 23.9. The number of halogens is 4. The first-order valence-corrected chi connectivity index (χ1v) is 14.9. The fraction of sp³-hybridized carbons (Fsp3) is 0.233. The third-order valence-corrected chi connectivity index (χ3v) is 7.76. The molecule has 1 N–H and O–H groups in total. The highest BCUT2D eigenvalue weighted by Gasteiger charge is 2.30. The summed E-state index contributed by atoms with van der Waals surface area (Å²) in [7, 11) is -3.41. The minimum atomic E-state index is -4.47. The van der Waals surface area contributed by atoms with Crippen molar-refractivity contribution >= 4 is 33.0 Å². The maximum absolute atomic E-state index is 13.5. The standard InChI is InChI=1S/C30H28ClF3N2O4S/c1-20-27(29(37)35-24-9-11-26(12-10-24)41(2,38)39)17-25(14-15-40-19-21-6-4-3-5-7-21)36(20)28-13-8-23(31)16-22(28)18-30(32,33)34/h3-13,16-17H,14-15,18-19H2,1-2H3,(H,35,37). The molecule has 216 valence electrons. The van der Waals surface area contributed by atoms with Crippen molar-refractivity contribution in [3.63, 3.8) is 0 Å². The van der Waals surface area contributed by atoms with Crippen molar-refractivity contribution in [1.29, 1.82) is 0 Å². The van der Waals surface area contributed by atoms with E-state index in [4.69, 9.17) is 16.3 Å². The Balaban J connectivity index is 1.67. The second kappa shape index (κ2) is 12.5. The van der Waals surface area contributed by atoms with Gasteiger partial charge < -0.3 is 14.6 Å². The first kappa shape index (κ1) is 30.4. The van der Waals surface area contributed by atoms with Gasteiger partial charge in [0.25, 0.3) is 5.91 Å². The molecule has 1 amide bonds. The van der Waals surface area contributed by atoms with E-state index in [1.165, 1.54) is 42.5 Å². The second-order valence-electron chi connectivity index (χ2n) is 9.57. The van der Waals surface area contributed by atoms with E-state index in [1.807, 2.05) is 30.3 Å². The molecule has 0 fully saturated rings. The van der Waals surface area contributed by atoms with Gasteiger partial charge in [-0.15, -0.1) is 0 Å². The monoisotopic (exact) mass is 604 g/mol. The number of aromatic nitrogens is 1. The SMILES string of the molecule is Cc1c(C(=O)Nc2ccc(S(C)(=O)=O)cc2)cc(CCOCc2ccccc2)n1-c1ccc(Cl)cc1CC(F)(F)F. The molecule has 0 saturated heterocycles. The van der Waals surface area contributed by atoms with E-state index in [0.717, 1.165) is 11.8 Å². The number of benzene rings is 3. The third-order valence-electron chi connectivity index (χ3n) is 6.40. The summed E-state index contributed by atoms with van der Waals surface area (Å²) in [5.41, 5.74) is 2.84. The third kappa shape index (κ3) is 8.00. The zero-order chi connectivity index (χ0) is 29.8. The molecular formula is C30H28ClF3N2O4S. The van der Waals surface area contributed by atoms with Crippen molar-refractivity contribution in [3.05, 3.63) is 112 Å². The molecule has 3 aromatic carbocycles. The average Bonchev–Trinajstić information content (AvgIpc) is 3.22. The first-order valence-electron chi connectivity index (χ1n) is 12.6. The van der Waals surface area contributed by atoms with Crippen molar-refractivity contribution in [2.45, 2.75) is 37.4 Å². The summed E-state index contributed by atoms with van der Waals surface area (Å²) in [5, 5.41) is 2.91. The molecule has 0 aliphatic carbocycles. The highest BCUT2D eigenvalue weighted by Crippen LogP contribution is 2.31. The highest BCUT2D eigenvalue weighted by molar-refractivity contribution is 7.90. The Hall–Kier alpha value is -3.60. The van der Waals surface area contributed by atoms with Gasteiger partial charge in [-0.2, -0.15) is 13.2 Å². The molecule has 0 atom stereocenters. The Kier molecular flexibility index (Phi) is 9.26. The number of carbonyl (C=O) groups is 1. The van der Waals surface area contributed by atoms with Crippen LogP contribution in [-0.4, -0.2) is 37.9 Å². The van der Waals surface area contributed by atoms with E-state index >= 15 is 0 Å². The van der Waals surface area contributed by atoms with Gasteiger partial charge in [-0.05, 0) is 66.6 Å². The molecule has 4 aromatic rings. The number of hydrogen-bond donors (Lipinski definition) is 1. The van der Waals surface area contributed by atoms with Crippen LogP contribution in [0.2, 0.25) is 5.02 Å². The molecule has 1 aromatic heterocycles. The molecule has 0 aliphatic rings. The minimum Gasteiger partial charge on any atom is -0.376 e. The number of hydrogen-bond acceptors (Lipinski definition) is 4. The van der Waals surface area contributed by atoms with Gasteiger partial charge in [0, 0.05) is 40.5 Å². The summed E-state index contributed by atoms with van der Waals surface area (Å²) < 4.78 is 71.4. The smallest absolute Gasteiger partial charge is 0.376 e. The topological polar surface area (TPSA) is 77.4 Å². The average molecular weight is 605 g/mol. The molecule has 0 saturated carbocycles. The van der Waals surface area contributed by atoms with Crippen molar-refractivity contribution in [1.82, 2.24) is 4.57 Å². The lowest BCUT2D eigenvalue weighted by molar-refractivity contribution is -0.127. The van der Waals surface area contributed by atoms with Gasteiger partial charge in [0.05, 0.1) is 30.1 Å². The van der Waals surface area contributed by atoms with Crippen LogP contribution in [0.25, 0.3) is 5.69 Å². The maximum Gasteiger partial charge on any atom is 0.393 e. The molecule has 41 heavy (non-hydrogen) atoms. The molecule has 0 bridgehead atoms. The number of amides is 1. The number of ether oxygens (including phenoxy) is 1. The van der Waals surface area contributed by atoms with Gasteiger partial charge in [0.1, 0.15) is 0 Å². The molecule has 6 nitrogen and oxygen atoms in total. The highest BCUT2D eigenvalue weighted by atomic mass is 35.5. The Morgan fingerprint density at radius 3 is 2.32 bits per heavy atom. The molecule has 1 heterocycles. The lowest BCUT2D eigenvalue weighted by Crippen LogP contribution is -2.16. The van der Waals surface area contributed by atoms with Crippen molar-refractivity contribution in [2.75, 3.05) is 18.2 Å². The number of anilines is 1. The Morgan fingerprint density at radius 2 is 1.68 bits per heavy atom. The molecule has 0 radical (unpaired) electrons. The van der Waals surface area contributed by atoms with Crippen LogP contribution >= 0.6 is 11.6 Å². The number of alkyl halides is 3. The molecular weight excluding hydrogens is 577 g/mol. The van der Waals surface area contributed by atoms with Crippen LogP contribution in [0, 0.1) is 6.92 Å². The van der Waals surface area contributed by atoms with Gasteiger partial charge >= 0.3 is 6.18 Å². The summed E-state index contributed by atoms with van der Waals surface area (Å²) in [6, 6.07) is 21.2. The summed E-state index contributed by atoms with van der Waals surface area (Å²) >= 11 is 6.06. The van der Waals surface area contributed by atoms with Crippen molar-refractivity contribution in [2.24, 2.45) is 0 Å². The zero-order valence-electron chi connectivity index (χ0n) is 22.3. The largest absolute Gasteiger partial charge is 0.393 e. The predicted octanol–water partition coefficient (Wildman–Crippen LogP) is 6.96. The van der Waals surface area contributed by atoms with Crippen LogP contribution in [0.3, 0.4) is 0 Å². The quantitative estimate of drug-likeness (QED) is 0.199. The number of sulfone groups is 1. The number of carbonyl (C=O) groups excluding carboxylic acids is 1. The Morgan fingerprint density at radius 1 is 1.00 bits per heavy atom. The lowest BCUT2D eigenvalue weighted by Gasteiger charge is -2.18. The van der Waals surface area contributed by atoms with E-state index in [2.05, 4.69) is 5.32 Å². The van der Waals surface area contributed by atoms with E-state index in [1.54, 1.807) is 17.6 Å². The molecule has 4 rings (SSSR count). The summed E-state index contributed by atoms with van der Waals surface area (Å²) in [5.74, 6) is -0.494. The summed E-state index contributed by atoms with van der Waals surface area (Å²) in [4.78, 5) is 13.4. The van der Waals surface area contributed by atoms with Crippen molar-refractivity contribution in [3.8, 4) is 5.69 Å². The van der Waals surface area contributed by atoms with Gasteiger partial charge in [0.2, 0.25) is 0 Å². The van der Waals surface area contributed by atoms with Gasteiger partial charge in [-0.1, -0.05) is 41.9 Å². The molecule has 11 heteroatoms. The number of nitrogens with one attached hydrogen (secondary N) is 1. The van der Waals surface area contributed by atoms with Gasteiger partial charge in [-0.25, -0.2) is 8.42 Å². The number of nitrogens with zero attached hydrogens (tertiary/aromatic N) is 1. The van der Waals surface area contributed by atoms with E-state index in [9.17, 15) is 26.4 Å².